The van der Waals surface area contributed by atoms with E-state index in [1.54, 1.807) is 6.07 Å². The number of rotatable bonds is 0. The van der Waals surface area contributed by atoms with Crippen molar-refractivity contribution in [2.24, 2.45) is 0 Å². The number of para-hydroxylation sites is 1. The molecule has 0 atom stereocenters. The molecule has 0 unspecified atom stereocenters. The first-order valence-corrected chi connectivity index (χ1v) is 6.58. The zero-order chi connectivity index (χ0) is 13.7. The van der Waals surface area contributed by atoms with Crippen LogP contribution in [0.4, 0.5) is 0 Å². The highest BCUT2D eigenvalue weighted by atomic mass is 16.3. The van der Waals surface area contributed by atoms with Crippen LogP contribution >= 0.6 is 0 Å². The van der Waals surface area contributed by atoms with Gasteiger partial charge in [0.1, 0.15) is 11.2 Å². The molecule has 0 amide bonds. The van der Waals surface area contributed by atoms with Crippen molar-refractivity contribution >= 4 is 32.7 Å². The van der Waals surface area contributed by atoms with E-state index in [2.05, 4.69) is 18.2 Å². The molecule has 20 heavy (non-hydrogen) atoms. The zero-order valence-corrected chi connectivity index (χ0v) is 11.0. The highest BCUT2D eigenvalue weighted by molar-refractivity contribution is 5.99. The first-order chi connectivity index (χ1) is 9.72. The van der Waals surface area contributed by atoms with E-state index in [9.17, 15) is 4.79 Å². The van der Waals surface area contributed by atoms with E-state index in [0.29, 0.717) is 21.9 Å². The van der Waals surface area contributed by atoms with E-state index in [-0.39, 0.29) is 5.43 Å². The maximum Gasteiger partial charge on any atom is 0.200 e. The Balaban J connectivity index is 2.25. The van der Waals surface area contributed by atoms with Crippen LogP contribution in [0.1, 0.15) is 5.56 Å². The summed E-state index contributed by atoms with van der Waals surface area (Å²) in [5.74, 6) is 0. The monoisotopic (exact) mass is 260 g/mol. The van der Waals surface area contributed by atoms with E-state index in [4.69, 9.17) is 4.42 Å². The molecule has 0 N–H and O–H groups in total. The van der Waals surface area contributed by atoms with Gasteiger partial charge in [0.15, 0.2) is 0 Å². The van der Waals surface area contributed by atoms with Gasteiger partial charge in [-0.2, -0.15) is 0 Å². The molecule has 0 bridgehead atoms. The minimum Gasteiger partial charge on any atom is -0.456 e. The van der Waals surface area contributed by atoms with Crippen molar-refractivity contribution in [3.63, 3.8) is 0 Å². The van der Waals surface area contributed by atoms with Crippen molar-refractivity contribution < 1.29 is 4.42 Å². The summed E-state index contributed by atoms with van der Waals surface area (Å²) in [6.07, 6.45) is 0. The lowest BCUT2D eigenvalue weighted by Gasteiger charge is -2.04. The minimum absolute atomic E-state index is 0.0326. The summed E-state index contributed by atoms with van der Waals surface area (Å²) in [5, 5.41) is 3.43. The van der Waals surface area contributed by atoms with Gasteiger partial charge >= 0.3 is 0 Å². The van der Waals surface area contributed by atoms with Crippen LogP contribution in [0.25, 0.3) is 32.7 Å². The third-order valence-electron chi connectivity index (χ3n) is 3.69. The predicted molar refractivity (Wildman–Crippen MR) is 82.2 cm³/mol. The van der Waals surface area contributed by atoms with Gasteiger partial charge in [0.25, 0.3) is 0 Å². The van der Waals surface area contributed by atoms with Gasteiger partial charge in [-0.25, -0.2) is 0 Å². The van der Waals surface area contributed by atoms with Gasteiger partial charge in [-0.15, -0.1) is 0 Å². The van der Waals surface area contributed by atoms with E-state index >= 15 is 0 Å². The second kappa shape index (κ2) is 3.94. The Morgan fingerprint density at radius 2 is 1.65 bits per heavy atom. The molecular weight excluding hydrogens is 248 g/mol. The topological polar surface area (TPSA) is 30.2 Å². The minimum atomic E-state index is 0.0326. The number of benzene rings is 3. The second-order valence-electron chi connectivity index (χ2n) is 5.13. The Morgan fingerprint density at radius 3 is 2.55 bits per heavy atom. The Kier molecular flexibility index (Phi) is 2.21. The molecule has 1 aromatic heterocycles. The summed E-state index contributed by atoms with van der Waals surface area (Å²) in [4.78, 5) is 12.6. The maximum atomic E-state index is 12.6. The Labute approximate surface area is 115 Å². The molecule has 0 radical (unpaired) electrons. The largest absolute Gasteiger partial charge is 0.456 e. The fourth-order valence-electron chi connectivity index (χ4n) is 2.66. The van der Waals surface area contributed by atoms with Crippen LogP contribution in [-0.4, -0.2) is 0 Å². The van der Waals surface area contributed by atoms with E-state index in [0.717, 1.165) is 10.8 Å². The molecule has 96 valence electrons. The second-order valence-corrected chi connectivity index (χ2v) is 5.13. The summed E-state index contributed by atoms with van der Waals surface area (Å²) in [6.45, 7) is 2.05. The molecule has 3 aromatic carbocycles. The number of hydrogen-bond donors (Lipinski definition) is 0. The van der Waals surface area contributed by atoms with Crippen molar-refractivity contribution in [3.8, 4) is 0 Å². The summed E-state index contributed by atoms with van der Waals surface area (Å²) in [5.41, 5.74) is 2.49. The van der Waals surface area contributed by atoms with Crippen LogP contribution in [0.15, 0.2) is 63.8 Å². The molecule has 0 saturated carbocycles. The van der Waals surface area contributed by atoms with Gasteiger partial charge < -0.3 is 4.42 Å². The molecule has 0 fully saturated rings. The van der Waals surface area contributed by atoms with Crippen molar-refractivity contribution in [2.45, 2.75) is 6.92 Å². The lowest BCUT2D eigenvalue weighted by Crippen LogP contribution is -2.01. The standard InChI is InChI=1S/C18H12O2/c1-11-6-7-12-10-17-15(9-13(12)8-11)18(19)14-4-2-3-5-16(14)20-17/h2-10H,1H3. The third kappa shape index (κ3) is 1.55. The molecule has 4 rings (SSSR count). The molecule has 0 spiro atoms. The number of aryl methyl sites for hydroxylation is 1. The van der Waals surface area contributed by atoms with Crippen LogP contribution in [0.2, 0.25) is 0 Å². The van der Waals surface area contributed by atoms with Crippen LogP contribution < -0.4 is 5.43 Å². The van der Waals surface area contributed by atoms with Crippen LogP contribution in [0, 0.1) is 6.92 Å². The summed E-state index contributed by atoms with van der Waals surface area (Å²) >= 11 is 0. The van der Waals surface area contributed by atoms with Crippen LogP contribution in [0.3, 0.4) is 0 Å². The maximum absolute atomic E-state index is 12.6. The molecule has 2 heteroatoms. The van der Waals surface area contributed by atoms with Gasteiger partial charge in [-0.1, -0.05) is 35.9 Å². The highest BCUT2D eigenvalue weighted by Gasteiger charge is 2.08. The molecule has 0 saturated heterocycles. The fraction of sp³-hybridized carbons (Fsp3) is 0.0556. The first kappa shape index (κ1) is 11.2. The van der Waals surface area contributed by atoms with Gasteiger partial charge in [0.05, 0.1) is 10.8 Å². The number of hydrogen-bond acceptors (Lipinski definition) is 2. The lowest BCUT2D eigenvalue weighted by atomic mass is 10.0. The van der Waals surface area contributed by atoms with Crippen molar-refractivity contribution in [2.75, 3.05) is 0 Å². The van der Waals surface area contributed by atoms with E-state index in [1.165, 1.54) is 5.56 Å². The van der Waals surface area contributed by atoms with Crippen molar-refractivity contribution in [3.05, 3.63) is 70.4 Å². The molecule has 1 heterocycles. The smallest absolute Gasteiger partial charge is 0.200 e. The SMILES string of the molecule is Cc1ccc2cc3oc4ccccc4c(=O)c3cc2c1. The fourth-order valence-corrected chi connectivity index (χ4v) is 2.66. The predicted octanol–water partition coefficient (Wildman–Crippen LogP) is 4.41. The zero-order valence-electron chi connectivity index (χ0n) is 11.0. The average Bonchev–Trinajstić information content (AvgIpc) is 2.46. The van der Waals surface area contributed by atoms with Crippen LogP contribution in [0.5, 0.6) is 0 Å². The average molecular weight is 260 g/mol. The summed E-state index contributed by atoms with van der Waals surface area (Å²) in [7, 11) is 0. The normalized spacial score (nSPS) is 11.4. The summed E-state index contributed by atoms with van der Waals surface area (Å²) in [6, 6.07) is 17.4. The lowest BCUT2D eigenvalue weighted by molar-refractivity contribution is 0.660. The highest BCUT2D eigenvalue weighted by Crippen LogP contribution is 2.24. The Morgan fingerprint density at radius 1 is 0.800 bits per heavy atom. The quantitative estimate of drug-likeness (QED) is 0.438. The van der Waals surface area contributed by atoms with Gasteiger partial charge in [-0.3, -0.25) is 4.79 Å². The first-order valence-electron chi connectivity index (χ1n) is 6.58. The molecule has 0 aliphatic rings. The Bertz CT molecular complexity index is 1030. The van der Waals surface area contributed by atoms with Gasteiger partial charge in [0, 0.05) is 0 Å². The van der Waals surface area contributed by atoms with Crippen molar-refractivity contribution in [1.29, 1.82) is 0 Å². The molecule has 0 aliphatic heterocycles. The van der Waals surface area contributed by atoms with E-state index in [1.807, 2.05) is 37.3 Å². The third-order valence-corrected chi connectivity index (χ3v) is 3.69. The number of fused-ring (bicyclic) bond motifs is 3. The molecule has 0 aliphatic carbocycles. The Hall–Kier alpha value is -2.61. The molecule has 2 nitrogen and oxygen atoms in total. The van der Waals surface area contributed by atoms with E-state index < -0.39 is 0 Å². The van der Waals surface area contributed by atoms with Gasteiger partial charge in [-0.05, 0) is 42.0 Å². The molecule has 4 aromatic rings. The molecular formula is C18H12O2. The summed E-state index contributed by atoms with van der Waals surface area (Å²) < 4.78 is 5.87. The van der Waals surface area contributed by atoms with Crippen LogP contribution in [-0.2, 0) is 0 Å². The van der Waals surface area contributed by atoms with Gasteiger partial charge in [0.2, 0.25) is 5.43 Å². The van der Waals surface area contributed by atoms with Crippen molar-refractivity contribution in [1.82, 2.24) is 0 Å².